The number of aromatic amines is 1. The highest BCUT2D eigenvalue weighted by Gasteiger charge is 2.20. The molecule has 1 atom stereocenters. The maximum absolute atomic E-state index is 8.81. The van der Waals surface area contributed by atoms with Crippen LogP contribution in [-0.4, -0.2) is 267 Å². The van der Waals surface area contributed by atoms with E-state index in [9.17, 15) is 0 Å². The van der Waals surface area contributed by atoms with Crippen molar-refractivity contribution in [3.8, 4) is 0 Å². The van der Waals surface area contributed by atoms with Gasteiger partial charge in [0.2, 0.25) is 0 Å². The van der Waals surface area contributed by atoms with Crippen molar-refractivity contribution in [2.75, 3.05) is 196 Å². The van der Waals surface area contributed by atoms with Gasteiger partial charge in [0, 0.05) is 93.6 Å². The first-order valence-corrected chi connectivity index (χ1v) is 27.6. The van der Waals surface area contributed by atoms with E-state index < -0.39 is 31.5 Å². The molecule has 0 bridgehead atoms. The van der Waals surface area contributed by atoms with Gasteiger partial charge >= 0.3 is 0 Å². The molecule has 3 aromatic heterocycles. The standard InChI is InChI=1S/C9H23N3.C6H16N2O2.C5H6N2.C4H11NO3.C4H11NO2.C4H9NO.C3H6N2S.C3H4N2S.C3H4N2.C3H7NO.C3H9NO/c1-3-12(2)9-5-8-11-7-4-6-10;7-2-1-3-8-4-6(10)5-9;6-5-1-3-7-4-2-5;5-4(1-6,2-7)3-8;6-3-1-5-2-4-7;1-3-6-4-2-5-1;2*4-3-5-1-2-6-3;1-2-5-3-4-1;1-2-4-5-3-1;1-4-2-3-5/h11H,3-10H2,1-2H3;6,8-10H,1-5,7H2;1-4H,(H2,6,7);6-8H,1-3,5H2;5-7H,1-4H2;5H,1-4H2;1-2H2,(H2,4,5);1-2H,(H2,4,5);1-3H,(H,4,5);4H,1-3H2;4-5H,2-3H2,1H3. The molecule has 0 saturated carbocycles. The zero-order valence-electron chi connectivity index (χ0n) is 46.4. The van der Waals surface area contributed by atoms with Crippen LogP contribution in [0.3, 0.4) is 0 Å². The van der Waals surface area contributed by atoms with E-state index in [0.717, 1.165) is 108 Å². The van der Waals surface area contributed by atoms with Crippen molar-refractivity contribution in [1.82, 2.24) is 56.9 Å². The van der Waals surface area contributed by atoms with Crippen LogP contribution < -0.4 is 66.5 Å². The Bertz CT molecular complexity index is 1410. The van der Waals surface area contributed by atoms with E-state index in [0.29, 0.717) is 37.9 Å². The normalized spacial score (nSPS) is 13.2. The molecular weight excluding hydrogens is 1040 g/mol. The van der Waals surface area contributed by atoms with Crippen LogP contribution in [0, 0.1) is 0 Å². The summed E-state index contributed by atoms with van der Waals surface area (Å²) >= 11 is 3.07. The van der Waals surface area contributed by atoms with Gasteiger partial charge in [-0.15, -0.1) is 11.3 Å². The third kappa shape index (κ3) is 79.2. The fraction of sp³-hybridized carbons (Fsp3) is 0.745. The van der Waals surface area contributed by atoms with Gasteiger partial charge in [0.15, 0.2) is 10.3 Å². The van der Waals surface area contributed by atoms with Gasteiger partial charge in [0.25, 0.3) is 0 Å². The van der Waals surface area contributed by atoms with E-state index in [-0.39, 0.29) is 26.4 Å². The van der Waals surface area contributed by atoms with Crippen molar-refractivity contribution >= 4 is 39.1 Å². The smallest absolute Gasteiger partial charge is 0.179 e. The van der Waals surface area contributed by atoms with Gasteiger partial charge in [0.1, 0.15) is 0 Å². The van der Waals surface area contributed by atoms with E-state index >= 15 is 0 Å². The number of nitrogens with one attached hydrogen (secondary N) is 7. The summed E-state index contributed by atoms with van der Waals surface area (Å²) in [5, 5.41) is 84.8. The summed E-state index contributed by atoms with van der Waals surface area (Å²) < 4.78 is 5.01. The van der Waals surface area contributed by atoms with Crippen LogP contribution in [0.1, 0.15) is 32.6 Å². The van der Waals surface area contributed by atoms with Gasteiger partial charge in [-0.1, -0.05) is 18.7 Å². The van der Waals surface area contributed by atoms with Crippen molar-refractivity contribution in [2.45, 2.75) is 44.2 Å². The van der Waals surface area contributed by atoms with Crippen LogP contribution in [0.4, 0.5) is 10.8 Å². The number of amidine groups is 1. The molecule has 6 heterocycles. The fourth-order valence-electron chi connectivity index (χ4n) is 4.13. The lowest BCUT2D eigenvalue weighted by Gasteiger charge is -2.20. The molecule has 0 spiro atoms. The average molecular weight is 1150 g/mol. The molecule has 0 amide bonds. The molecule has 30 heteroatoms. The summed E-state index contributed by atoms with van der Waals surface area (Å²) in [6, 6.07) is 3.50. The van der Waals surface area contributed by atoms with E-state index in [1.54, 1.807) is 68.3 Å². The Morgan fingerprint density at radius 1 is 0.779 bits per heavy atom. The van der Waals surface area contributed by atoms with Gasteiger partial charge in [0.05, 0.1) is 90.6 Å². The highest BCUT2D eigenvalue weighted by molar-refractivity contribution is 8.14. The zero-order valence-corrected chi connectivity index (χ0v) is 48.0. The number of imidazole rings is 1. The molecule has 1 unspecified atom stereocenters. The monoisotopic (exact) mass is 1150 g/mol. The number of aromatic nitrogens is 4. The number of nitrogens with zero attached hydrogens (tertiary/aromatic N) is 5. The van der Waals surface area contributed by atoms with Crippen LogP contribution in [0.5, 0.6) is 0 Å². The molecule has 0 aliphatic carbocycles. The summed E-state index contributed by atoms with van der Waals surface area (Å²) in [4.78, 5) is 24.8. The molecule has 28 nitrogen and oxygen atoms in total. The molecule has 2 fully saturated rings. The minimum Gasteiger partial charge on any atom is -0.399 e. The number of H-pyrrole nitrogens is 1. The highest BCUT2D eigenvalue weighted by Crippen LogP contribution is 2.05. The second-order valence-electron chi connectivity index (χ2n) is 15.6. The van der Waals surface area contributed by atoms with Crippen molar-refractivity contribution < 1.29 is 50.4 Å². The molecule has 77 heavy (non-hydrogen) atoms. The fourth-order valence-corrected chi connectivity index (χ4v) is 5.09. The molecule has 456 valence electrons. The number of pyridine rings is 1. The largest absolute Gasteiger partial charge is 0.399 e. The molecular formula is C47H106N18O10S2. The van der Waals surface area contributed by atoms with E-state index in [1.807, 2.05) is 5.38 Å². The summed E-state index contributed by atoms with van der Waals surface area (Å²) in [6.07, 6.45) is 13.8. The predicted octanol–water partition coefficient (Wildman–Crippen LogP) is -4.67. The Hall–Kier alpha value is -3.39. The van der Waals surface area contributed by atoms with Crippen LogP contribution >= 0.6 is 23.1 Å². The molecule has 3 aliphatic heterocycles. The first kappa shape index (κ1) is 82.4. The molecule has 6 rings (SSSR count). The number of nitrogen functional groups attached to an aromatic ring is 2. The quantitative estimate of drug-likeness (QED) is 0.0397. The van der Waals surface area contributed by atoms with E-state index in [4.69, 9.17) is 84.8 Å². The van der Waals surface area contributed by atoms with Crippen molar-refractivity contribution in [1.29, 1.82) is 0 Å². The van der Waals surface area contributed by atoms with Crippen molar-refractivity contribution in [2.24, 2.45) is 27.9 Å². The number of rotatable bonds is 23. The highest BCUT2D eigenvalue weighted by atomic mass is 32.2. The van der Waals surface area contributed by atoms with Gasteiger partial charge in [-0.3, -0.25) is 9.98 Å². The first-order valence-electron chi connectivity index (χ1n) is 25.7. The number of nitrogens with two attached hydrogens (primary N) is 6. The number of ether oxygens (including phenoxy) is 1. The second-order valence-corrected chi connectivity index (χ2v) is 17.7. The SMILES string of the molecule is C1CNOC1.C1COCCN1.CCN(C)CCCNCCCN.CNCCO.NC(CO)(CO)CO.NC1=NCCS1.NCCCNCC(O)CO.Nc1ccncc1.Nc1nccs1.OCCNCCO.c1c[nH]cn1. The molecule has 3 aromatic rings. The number of anilines is 2. The van der Waals surface area contributed by atoms with Gasteiger partial charge in [-0.05, 0) is 97.7 Å². The number of aliphatic hydroxyl groups is 8. The van der Waals surface area contributed by atoms with Gasteiger partial charge < -0.3 is 121 Å². The minimum atomic E-state index is -1.21. The zero-order chi connectivity index (χ0) is 58.6. The molecule has 3 aliphatic rings. The lowest BCUT2D eigenvalue weighted by Crippen LogP contribution is -2.50. The van der Waals surface area contributed by atoms with Crippen LogP contribution in [-0.2, 0) is 9.57 Å². The molecule has 2 saturated heterocycles. The van der Waals surface area contributed by atoms with E-state index in [1.165, 1.54) is 30.7 Å². The number of morpholine rings is 1. The number of hydrogen-bond donors (Lipinski definition) is 21. The Balaban J connectivity index is -0.000000249. The molecule has 0 radical (unpaired) electrons. The minimum absolute atomic E-state index is 0.139. The third-order valence-corrected chi connectivity index (χ3v) is 10.1. The lowest BCUT2D eigenvalue weighted by atomic mass is 10.1. The summed E-state index contributed by atoms with van der Waals surface area (Å²) in [6.45, 7) is 17.0. The number of thiazole rings is 1. The van der Waals surface area contributed by atoms with Gasteiger partial charge in [-0.2, -0.15) is 0 Å². The summed E-state index contributed by atoms with van der Waals surface area (Å²) in [7, 11) is 3.95. The number of aliphatic imine (C=N–C) groups is 1. The first-order chi connectivity index (χ1) is 37.3. The number of thioether (sulfide) groups is 1. The Morgan fingerprint density at radius 2 is 1.38 bits per heavy atom. The van der Waals surface area contributed by atoms with Crippen molar-refractivity contribution in [3.63, 3.8) is 0 Å². The van der Waals surface area contributed by atoms with Crippen LogP contribution in [0.15, 0.2) is 59.8 Å². The maximum atomic E-state index is 8.81. The maximum Gasteiger partial charge on any atom is 0.179 e. The average Bonchev–Trinajstić information content (AvgIpc) is 4.36. The lowest BCUT2D eigenvalue weighted by molar-refractivity contribution is 0.0697. The van der Waals surface area contributed by atoms with E-state index in [2.05, 4.69) is 75.9 Å². The Labute approximate surface area is 467 Å². The third-order valence-electron chi connectivity index (χ3n) is 8.67. The number of hydroxylamine groups is 1. The van der Waals surface area contributed by atoms with Gasteiger partial charge in [-0.25, -0.2) is 15.4 Å². The number of hydrogen-bond acceptors (Lipinski definition) is 29. The Morgan fingerprint density at radius 3 is 1.64 bits per heavy atom. The second kappa shape index (κ2) is 72.6. The summed E-state index contributed by atoms with van der Waals surface area (Å²) in [5.74, 6) is 1.08. The molecule has 27 N–H and O–H groups in total. The van der Waals surface area contributed by atoms with Crippen LogP contribution in [0.25, 0.3) is 0 Å². The number of likely N-dealkylation sites (N-methyl/N-ethyl adjacent to an activating group) is 1. The number of aliphatic hydroxyl groups excluding tert-OH is 8. The topological polar surface area (TPSA) is 479 Å². The Kier molecular flexibility index (Phi) is 77.7. The predicted molar refractivity (Wildman–Crippen MR) is 315 cm³/mol. The molecule has 0 aromatic carbocycles. The summed E-state index contributed by atoms with van der Waals surface area (Å²) in [5.41, 5.74) is 33.8. The van der Waals surface area contributed by atoms with Crippen LogP contribution in [0.2, 0.25) is 0 Å². The van der Waals surface area contributed by atoms with Crippen molar-refractivity contribution in [3.05, 3.63) is 54.8 Å².